The highest BCUT2D eigenvalue weighted by atomic mass is 16.1. The Hall–Kier alpha value is -3.88. The Balaban J connectivity index is 1.50. The van der Waals surface area contributed by atoms with Gasteiger partial charge in [0.15, 0.2) is 5.84 Å². The van der Waals surface area contributed by atoms with Crippen LogP contribution in [0.25, 0.3) is 5.82 Å². The molecule has 3 aromatic heterocycles. The minimum atomic E-state index is -0.387. The molecule has 9 heteroatoms. The van der Waals surface area contributed by atoms with Crippen molar-refractivity contribution in [3.8, 4) is 5.82 Å². The molecule has 0 radical (unpaired) electrons. The predicted molar refractivity (Wildman–Crippen MR) is 118 cm³/mol. The van der Waals surface area contributed by atoms with Crippen LogP contribution in [-0.4, -0.2) is 48.5 Å². The van der Waals surface area contributed by atoms with Crippen LogP contribution in [-0.2, 0) is 0 Å². The molecular weight excluding hydrogens is 392 g/mol. The largest absolute Gasteiger partial charge is 0.320 e. The molecule has 1 aliphatic rings. The highest BCUT2D eigenvalue weighted by molar-refractivity contribution is 6.05. The normalized spacial score (nSPS) is 13.1. The van der Waals surface area contributed by atoms with Crippen molar-refractivity contribution in [3.63, 3.8) is 0 Å². The number of rotatable bonds is 7. The van der Waals surface area contributed by atoms with Crippen LogP contribution in [0.3, 0.4) is 0 Å². The van der Waals surface area contributed by atoms with Crippen LogP contribution in [0.2, 0.25) is 0 Å². The van der Waals surface area contributed by atoms with E-state index in [4.69, 9.17) is 10.8 Å². The zero-order chi connectivity index (χ0) is 22.0. The molecule has 31 heavy (non-hydrogen) atoms. The molecule has 0 saturated heterocycles. The van der Waals surface area contributed by atoms with Crippen molar-refractivity contribution in [2.45, 2.75) is 38.6 Å². The number of hydrogen-bond donors (Lipinski definition) is 3. The van der Waals surface area contributed by atoms with Crippen LogP contribution in [0.5, 0.6) is 0 Å². The molecule has 1 saturated carbocycles. The molecule has 0 bridgehead atoms. The van der Waals surface area contributed by atoms with Gasteiger partial charge in [0.25, 0.3) is 5.91 Å². The molecule has 158 valence electrons. The summed E-state index contributed by atoms with van der Waals surface area (Å²) in [6, 6.07) is 8.34. The maximum atomic E-state index is 12.8. The summed E-state index contributed by atoms with van der Waals surface area (Å²) in [5, 5.41) is 18.7. The van der Waals surface area contributed by atoms with Crippen molar-refractivity contribution in [2.24, 2.45) is 0 Å². The molecule has 3 heterocycles. The fourth-order valence-electron chi connectivity index (χ4n) is 3.18. The summed E-state index contributed by atoms with van der Waals surface area (Å²) >= 11 is 0. The fourth-order valence-corrected chi connectivity index (χ4v) is 3.18. The summed E-state index contributed by atoms with van der Waals surface area (Å²) in [7, 11) is 0. The average Bonchev–Trinajstić information content (AvgIpc) is 3.50. The van der Waals surface area contributed by atoms with Crippen molar-refractivity contribution >= 4 is 23.8 Å². The van der Waals surface area contributed by atoms with Crippen molar-refractivity contribution in [2.75, 3.05) is 5.32 Å². The highest BCUT2D eigenvalue weighted by Crippen LogP contribution is 2.39. The Bertz CT molecular complexity index is 1130. The first-order valence-electron chi connectivity index (χ1n) is 10.1. The summed E-state index contributed by atoms with van der Waals surface area (Å²) in [5.74, 6) is 0.902. The van der Waals surface area contributed by atoms with E-state index in [2.05, 4.69) is 20.3 Å². The van der Waals surface area contributed by atoms with E-state index in [1.165, 1.54) is 17.7 Å². The second-order valence-electron chi connectivity index (χ2n) is 7.72. The lowest BCUT2D eigenvalue weighted by atomic mass is 10.2. The standard InChI is InChI=1S/C22H24N8O/c1-14(2)30(12-23)21(24)17-4-3-5-18(28-17)22(31)27-16-8-9-25-20(10-16)29-11-19(26-13-29)15-6-7-15/h3-5,8-15,23-24H,6-7H2,1-2H3,(H,25,27,31). The number of carbonyl (C=O) groups is 1. The topological polar surface area (TPSA) is 124 Å². The van der Waals surface area contributed by atoms with Gasteiger partial charge in [-0.25, -0.2) is 15.0 Å². The zero-order valence-corrected chi connectivity index (χ0v) is 17.4. The lowest BCUT2D eigenvalue weighted by Crippen LogP contribution is -2.36. The van der Waals surface area contributed by atoms with E-state index in [0.29, 0.717) is 23.1 Å². The van der Waals surface area contributed by atoms with Crippen molar-refractivity contribution in [3.05, 3.63) is 66.1 Å². The van der Waals surface area contributed by atoms with Gasteiger partial charge in [-0.15, -0.1) is 0 Å². The van der Waals surface area contributed by atoms with Gasteiger partial charge < -0.3 is 10.2 Å². The van der Waals surface area contributed by atoms with Crippen LogP contribution in [0, 0.1) is 10.8 Å². The van der Waals surface area contributed by atoms with Gasteiger partial charge in [-0.05, 0) is 44.9 Å². The number of aromatic nitrogens is 4. The summed E-state index contributed by atoms with van der Waals surface area (Å²) in [5.41, 5.74) is 2.17. The summed E-state index contributed by atoms with van der Waals surface area (Å²) < 4.78 is 1.85. The minimum absolute atomic E-state index is 0.0665. The van der Waals surface area contributed by atoms with Crippen LogP contribution < -0.4 is 5.32 Å². The summed E-state index contributed by atoms with van der Waals surface area (Å²) in [4.78, 5) is 27.4. The molecule has 0 unspecified atom stereocenters. The van der Waals surface area contributed by atoms with Gasteiger partial charge >= 0.3 is 0 Å². The second kappa shape index (κ2) is 8.47. The number of imidazole rings is 1. The zero-order valence-electron chi connectivity index (χ0n) is 17.4. The number of carbonyl (C=O) groups excluding carboxylic acids is 1. The van der Waals surface area contributed by atoms with Crippen molar-refractivity contribution in [1.29, 1.82) is 10.8 Å². The Morgan fingerprint density at radius 2 is 2.03 bits per heavy atom. The second-order valence-corrected chi connectivity index (χ2v) is 7.72. The van der Waals surface area contributed by atoms with Crippen LogP contribution in [0.4, 0.5) is 5.69 Å². The van der Waals surface area contributed by atoms with Crippen molar-refractivity contribution < 1.29 is 4.79 Å². The van der Waals surface area contributed by atoms with E-state index in [9.17, 15) is 4.79 Å². The van der Waals surface area contributed by atoms with Crippen LogP contribution >= 0.6 is 0 Å². The molecule has 3 N–H and O–H groups in total. The van der Waals surface area contributed by atoms with Gasteiger partial charge in [0, 0.05) is 36.1 Å². The SMILES string of the molecule is CC(C)N(C=N)C(=N)c1cccc(C(=O)Nc2ccnc(-n3cnc(C4CC4)c3)c2)n1. The molecule has 1 amide bonds. The average molecular weight is 416 g/mol. The number of hydrogen-bond acceptors (Lipinski definition) is 6. The molecule has 3 aromatic rings. The van der Waals surface area contributed by atoms with Crippen LogP contribution in [0.15, 0.2) is 49.1 Å². The molecular formula is C22H24N8O. The molecule has 4 rings (SSSR count). The van der Waals surface area contributed by atoms with Gasteiger partial charge in [-0.3, -0.25) is 20.2 Å². The van der Waals surface area contributed by atoms with E-state index in [-0.39, 0.29) is 23.5 Å². The Morgan fingerprint density at radius 1 is 1.26 bits per heavy atom. The molecule has 0 atom stereocenters. The third kappa shape index (κ3) is 4.50. The highest BCUT2D eigenvalue weighted by Gasteiger charge is 2.26. The minimum Gasteiger partial charge on any atom is -0.320 e. The molecule has 1 aliphatic carbocycles. The Morgan fingerprint density at radius 3 is 2.74 bits per heavy atom. The maximum absolute atomic E-state index is 12.8. The first-order valence-corrected chi connectivity index (χ1v) is 10.1. The predicted octanol–water partition coefficient (Wildman–Crippen LogP) is 3.43. The number of nitrogens with zero attached hydrogens (tertiary/aromatic N) is 5. The number of amidine groups is 1. The monoisotopic (exact) mass is 416 g/mol. The lowest BCUT2D eigenvalue weighted by molar-refractivity contribution is 0.102. The molecule has 9 nitrogen and oxygen atoms in total. The number of anilines is 1. The molecule has 0 spiro atoms. The van der Waals surface area contributed by atoms with E-state index in [1.54, 1.807) is 42.9 Å². The fraction of sp³-hybridized carbons (Fsp3) is 0.273. The first kappa shape index (κ1) is 20.4. The van der Waals surface area contributed by atoms with E-state index >= 15 is 0 Å². The van der Waals surface area contributed by atoms with E-state index in [0.717, 1.165) is 12.0 Å². The van der Waals surface area contributed by atoms with Crippen LogP contribution in [0.1, 0.15) is 54.5 Å². The summed E-state index contributed by atoms with van der Waals surface area (Å²) in [6.07, 6.45) is 8.79. The molecule has 0 aromatic carbocycles. The smallest absolute Gasteiger partial charge is 0.274 e. The molecule has 0 aliphatic heterocycles. The van der Waals surface area contributed by atoms with Gasteiger partial charge in [0.2, 0.25) is 0 Å². The number of pyridine rings is 2. The third-order valence-electron chi connectivity index (χ3n) is 5.04. The van der Waals surface area contributed by atoms with E-state index < -0.39 is 0 Å². The Labute approximate surface area is 180 Å². The summed E-state index contributed by atoms with van der Waals surface area (Å²) in [6.45, 7) is 3.76. The van der Waals surface area contributed by atoms with Crippen molar-refractivity contribution in [1.82, 2.24) is 24.4 Å². The van der Waals surface area contributed by atoms with Gasteiger partial charge in [-0.2, -0.15) is 0 Å². The van der Waals surface area contributed by atoms with Gasteiger partial charge in [-0.1, -0.05) is 6.07 Å². The Kier molecular flexibility index (Phi) is 5.57. The third-order valence-corrected chi connectivity index (χ3v) is 5.04. The van der Waals surface area contributed by atoms with Gasteiger partial charge in [0.1, 0.15) is 23.5 Å². The maximum Gasteiger partial charge on any atom is 0.274 e. The van der Waals surface area contributed by atoms with Gasteiger partial charge in [0.05, 0.1) is 12.0 Å². The molecule has 1 fully saturated rings. The lowest BCUT2D eigenvalue weighted by Gasteiger charge is -2.23. The quantitative estimate of drug-likeness (QED) is 0.402. The number of nitrogens with one attached hydrogen (secondary N) is 3. The van der Waals surface area contributed by atoms with E-state index in [1.807, 2.05) is 24.6 Å². The first-order chi connectivity index (χ1) is 15.0. The number of amides is 1.